The highest BCUT2D eigenvalue weighted by Crippen LogP contribution is 2.57. The lowest BCUT2D eigenvalue weighted by molar-refractivity contribution is -0.120. The maximum atomic E-state index is 13.9. The lowest BCUT2D eigenvalue weighted by Gasteiger charge is -2.39. The maximum absolute atomic E-state index is 13.9. The van der Waals surface area contributed by atoms with E-state index in [1.807, 2.05) is 19.1 Å². The standard InChI is InChI=1S/C27H31N3O6S/c1-26(2,3)36-25(33)28-16-11-12-19-20(13-16)37(34,35)30-24(29-19)21-22(31)17-7-5-6-8-18(17)27(4,23(21)32)14-15-9-10-15/h5-8,11-13,15,31,34-35H,9-10,14H2,1-4H3,(H,28,33)(H,29,30). The van der Waals surface area contributed by atoms with Crippen LogP contribution in [0.5, 0.6) is 0 Å². The number of aliphatic hydroxyl groups excluding tert-OH is 1. The fraction of sp³-hybridized carbons (Fsp3) is 0.370. The van der Waals surface area contributed by atoms with Crippen molar-refractivity contribution < 1.29 is 28.5 Å². The van der Waals surface area contributed by atoms with Gasteiger partial charge >= 0.3 is 6.09 Å². The minimum Gasteiger partial charge on any atom is -0.506 e. The number of amidine groups is 1. The third kappa shape index (κ3) is 4.72. The summed E-state index contributed by atoms with van der Waals surface area (Å²) >= 11 is 0. The van der Waals surface area contributed by atoms with Crippen molar-refractivity contribution in [2.75, 3.05) is 10.6 Å². The number of rotatable bonds is 4. The molecule has 1 fully saturated rings. The van der Waals surface area contributed by atoms with Crippen molar-refractivity contribution in [1.82, 2.24) is 0 Å². The Bertz CT molecular complexity index is 1370. The zero-order valence-corrected chi connectivity index (χ0v) is 22.0. The molecule has 5 rings (SSSR count). The van der Waals surface area contributed by atoms with Crippen molar-refractivity contribution >= 4 is 45.6 Å². The van der Waals surface area contributed by atoms with E-state index < -0.39 is 27.9 Å². The number of ketones is 1. The molecular weight excluding hydrogens is 494 g/mol. The van der Waals surface area contributed by atoms with Crippen molar-refractivity contribution in [3.63, 3.8) is 0 Å². The van der Waals surface area contributed by atoms with Gasteiger partial charge in [-0.2, -0.15) is 0 Å². The second kappa shape index (κ2) is 8.61. The van der Waals surface area contributed by atoms with Gasteiger partial charge in [-0.05, 0) is 63.8 Å². The molecule has 1 atom stereocenters. The Labute approximate surface area is 217 Å². The first kappa shape index (κ1) is 25.3. The van der Waals surface area contributed by atoms with E-state index in [4.69, 9.17) is 4.74 Å². The first-order chi connectivity index (χ1) is 17.3. The van der Waals surface area contributed by atoms with Gasteiger partial charge in [0.2, 0.25) is 0 Å². The molecule has 5 N–H and O–H groups in total. The topological polar surface area (TPSA) is 140 Å². The smallest absolute Gasteiger partial charge is 0.412 e. The summed E-state index contributed by atoms with van der Waals surface area (Å²) in [5.74, 6) is -0.230. The Morgan fingerprint density at radius 3 is 2.59 bits per heavy atom. The molecule has 0 aromatic heterocycles. The van der Waals surface area contributed by atoms with E-state index in [2.05, 4.69) is 15.0 Å². The first-order valence-corrected chi connectivity index (χ1v) is 13.7. The molecule has 3 aliphatic rings. The molecule has 9 nitrogen and oxygen atoms in total. The number of hydrogen-bond acceptors (Lipinski definition) is 8. The molecule has 1 aliphatic heterocycles. The van der Waals surface area contributed by atoms with E-state index in [1.54, 1.807) is 45.0 Å². The summed E-state index contributed by atoms with van der Waals surface area (Å²) in [6.45, 7) is 7.09. The van der Waals surface area contributed by atoms with Crippen LogP contribution in [0.2, 0.25) is 0 Å². The summed E-state index contributed by atoms with van der Waals surface area (Å²) in [5.41, 5.74) is 0.234. The fourth-order valence-corrected chi connectivity index (χ4v) is 6.11. The van der Waals surface area contributed by atoms with Crippen LogP contribution < -0.4 is 10.6 Å². The van der Waals surface area contributed by atoms with Crippen molar-refractivity contribution in [2.24, 2.45) is 10.3 Å². The molecule has 0 spiro atoms. The van der Waals surface area contributed by atoms with Crippen LogP contribution in [-0.2, 0) is 14.9 Å². The van der Waals surface area contributed by atoms with Gasteiger partial charge in [0.15, 0.2) is 11.6 Å². The SMILES string of the molecule is CC(C)(C)OC(=O)Nc1ccc2c(c1)S(O)(O)N=C(C1=C(O)c3ccccc3C(C)(CC3CC3)C1=O)N2. The zero-order valence-electron chi connectivity index (χ0n) is 21.2. The molecule has 0 radical (unpaired) electrons. The van der Waals surface area contributed by atoms with Crippen LogP contribution in [0.1, 0.15) is 58.1 Å². The number of anilines is 2. The number of amides is 1. The summed E-state index contributed by atoms with van der Waals surface area (Å²) < 4.78 is 31.3. The summed E-state index contributed by atoms with van der Waals surface area (Å²) in [4.78, 5) is 26.2. The van der Waals surface area contributed by atoms with E-state index >= 15 is 0 Å². The average Bonchev–Trinajstić information content (AvgIpc) is 3.61. The average molecular weight is 526 g/mol. The number of Topliss-reactive ketones (excluding diaryl/α,β-unsaturated/α-hetero) is 1. The van der Waals surface area contributed by atoms with Crippen molar-refractivity contribution in [3.05, 3.63) is 59.2 Å². The van der Waals surface area contributed by atoms with E-state index in [0.29, 0.717) is 23.6 Å². The number of benzene rings is 2. The number of aliphatic hydroxyl groups is 1. The lowest BCUT2D eigenvalue weighted by Crippen LogP contribution is -2.42. The van der Waals surface area contributed by atoms with E-state index in [0.717, 1.165) is 18.4 Å². The predicted octanol–water partition coefficient (Wildman–Crippen LogP) is 6.49. The number of hydrogen-bond donors (Lipinski definition) is 5. The number of nitrogens with one attached hydrogen (secondary N) is 2. The van der Waals surface area contributed by atoms with E-state index in [9.17, 15) is 23.8 Å². The van der Waals surface area contributed by atoms with Gasteiger partial charge in [0.25, 0.3) is 0 Å². The van der Waals surface area contributed by atoms with Gasteiger partial charge in [-0.1, -0.05) is 47.9 Å². The minimum absolute atomic E-state index is 0.0503. The molecule has 1 saturated carbocycles. The fourth-order valence-electron chi connectivity index (χ4n) is 4.92. The van der Waals surface area contributed by atoms with Crippen LogP contribution in [0, 0.1) is 5.92 Å². The molecule has 0 saturated heterocycles. The molecule has 1 heterocycles. The molecule has 2 aromatic carbocycles. The van der Waals surface area contributed by atoms with E-state index in [-0.39, 0.29) is 33.5 Å². The maximum Gasteiger partial charge on any atom is 0.412 e. The van der Waals surface area contributed by atoms with Crippen LogP contribution in [0.15, 0.2) is 57.3 Å². The van der Waals surface area contributed by atoms with Crippen LogP contribution >= 0.6 is 10.8 Å². The normalized spacial score (nSPS) is 23.3. The highest BCUT2D eigenvalue weighted by Gasteiger charge is 2.48. The molecule has 2 aromatic rings. The molecule has 0 bridgehead atoms. The molecule has 1 amide bonds. The molecule has 10 heteroatoms. The van der Waals surface area contributed by atoms with Crippen LogP contribution in [-0.4, -0.2) is 37.5 Å². The number of fused-ring (bicyclic) bond motifs is 2. The second-order valence-corrected chi connectivity index (χ2v) is 12.7. The Morgan fingerprint density at radius 1 is 1.22 bits per heavy atom. The quantitative estimate of drug-likeness (QED) is 0.307. The molecule has 37 heavy (non-hydrogen) atoms. The number of carbonyl (C=O) groups excluding carboxylic acids is 2. The minimum atomic E-state index is -3.77. The molecule has 1 unspecified atom stereocenters. The predicted molar refractivity (Wildman–Crippen MR) is 144 cm³/mol. The Morgan fingerprint density at radius 2 is 1.92 bits per heavy atom. The Kier molecular flexibility index (Phi) is 5.89. The second-order valence-electron chi connectivity index (χ2n) is 11.0. The van der Waals surface area contributed by atoms with Crippen LogP contribution in [0.25, 0.3) is 5.76 Å². The van der Waals surface area contributed by atoms with Gasteiger partial charge in [0.1, 0.15) is 21.8 Å². The summed E-state index contributed by atoms with van der Waals surface area (Å²) in [7, 11) is -3.77. The van der Waals surface area contributed by atoms with Gasteiger partial charge < -0.3 is 15.2 Å². The third-order valence-electron chi connectivity index (χ3n) is 6.77. The largest absolute Gasteiger partial charge is 0.506 e. The van der Waals surface area contributed by atoms with E-state index in [1.165, 1.54) is 6.07 Å². The number of carbonyl (C=O) groups is 2. The van der Waals surface area contributed by atoms with Crippen LogP contribution in [0.4, 0.5) is 16.2 Å². The summed E-state index contributed by atoms with van der Waals surface area (Å²) in [6.07, 6.45) is 2.07. The van der Waals surface area contributed by atoms with Gasteiger partial charge in [-0.15, -0.1) is 4.40 Å². The first-order valence-electron chi connectivity index (χ1n) is 12.2. The molecule has 2 aliphatic carbocycles. The van der Waals surface area contributed by atoms with Gasteiger partial charge in [-0.3, -0.25) is 19.2 Å². The monoisotopic (exact) mass is 525 g/mol. The molecule has 196 valence electrons. The summed E-state index contributed by atoms with van der Waals surface area (Å²) in [6, 6.07) is 11.8. The van der Waals surface area contributed by atoms with Crippen molar-refractivity contribution in [1.29, 1.82) is 0 Å². The van der Waals surface area contributed by atoms with Gasteiger partial charge in [0, 0.05) is 11.3 Å². The highest BCUT2D eigenvalue weighted by atomic mass is 32.3. The summed E-state index contributed by atoms with van der Waals surface area (Å²) in [5, 5.41) is 16.8. The lowest BCUT2D eigenvalue weighted by atomic mass is 9.67. The number of nitrogens with zero attached hydrogens (tertiary/aromatic N) is 1. The van der Waals surface area contributed by atoms with Gasteiger partial charge in [0.05, 0.1) is 11.1 Å². The Hall–Kier alpha value is -3.34. The van der Waals surface area contributed by atoms with Gasteiger partial charge in [-0.25, -0.2) is 4.79 Å². The van der Waals surface area contributed by atoms with Crippen molar-refractivity contribution in [3.8, 4) is 0 Å². The third-order valence-corrected chi connectivity index (χ3v) is 8.13. The van der Waals surface area contributed by atoms with Crippen LogP contribution in [0.3, 0.4) is 0 Å². The highest BCUT2D eigenvalue weighted by molar-refractivity contribution is 8.23. The van der Waals surface area contributed by atoms with Crippen molar-refractivity contribution in [2.45, 2.75) is 62.9 Å². The zero-order chi connectivity index (χ0) is 26.8. The number of ether oxygens (including phenoxy) is 1. The molecular formula is C27H31N3O6S. The Balaban J connectivity index is 1.52.